The average Bonchev–Trinajstić information content (AvgIpc) is 3.23. The second-order valence-corrected chi connectivity index (χ2v) is 8.61. The average molecular weight is 480 g/mol. The summed E-state index contributed by atoms with van der Waals surface area (Å²) in [7, 11) is 0. The summed E-state index contributed by atoms with van der Waals surface area (Å²) >= 11 is 5.15. The quantitative estimate of drug-likeness (QED) is 0.340. The Morgan fingerprint density at radius 1 is 0.867 bits per heavy atom. The molecule has 0 amide bonds. The first kappa shape index (κ1) is 19.2. The highest BCUT2D eigenvalue weighted by Gasteiger charge is 2.19. The van der Waals surface area contributed by atoms with Gasteiger partial charge < -0.3 is 9.47 Å². The molecule has 3 aromatic carbocycles. The Morgan fingerprint density at radius 3 is 2.43 bits per heavy atom. The number of aromatic nitrogens is 3. The van der Waals surface area contributed by atoms with Crippen LogP contribution in [0.1, 0.15) is 5.56 Å². The second kappa shape index (κ2) is 8.53. The van der Waals surface area contributed by atoms with Crippen molar-refractivity contribution in [3.05, 3.63) is 82.8 Å². The molecule has 0 saturated heterocycles. The van der Waals surface area contributed by atoms with E-state index in [1.54, 1.807) is 11.8 Å². The van der Waals surface area contributed by atoms with Crippen molar-refractivity contribution < 1.29 is 9.47 Å². The molecule has 1 aromatic heterocycles. The minimum atomic E-state index is 0.552. The number of hydrogen-bond donors (Lipinski definition) is 0. The van der Waals surface area contributed by atoms with E-state index >= 15 is 0 Å². The molecule has 0 aliphatic carbocycles. The Labute approximate surface area is 187 Å². The van der Waals surface area contributed by atoms with Gasteiger partial charge in [-0.2, -0.15) is 0 Å². The Hall–Kier alpha value is -2.77. The van der Waals surface area contributed by atoms with Crippen LogP contribution in [-0.4, -0.2) is 28.0 Å². The number of fused-ring (bicyclic) bond motifs is 1. The van der Waals surface area contributed by atoms with Crippen molar-refractivity contribution in [1.82, 2.24) is 14.8 Å². The molecule has 150 valence electrons. The van der Waals surface area contributed by atoms with Crippen LogP contribution < -0.4 is 9.47 Å². The smallest absolute Gasteiger partial charge is 0.196 e. The summed E-state index contributed by atoms with van der Waals surface area (Å²) < 4.78 is 14.6. The van der Waals surface area contributed by atoms with E-state index in [0.29, 0.717) is 13.2 Å². The maximum absolute atomic E-state index is 5.76. The highest BCUT2D eigenvalue weighted by atomic mass is 79.9. The van der Waals surface area contributed by atoms with Gasteiger partial charge in [0.15, 0.2) is 22.5 Å². The number of halogens is 1. The van der Waals surface area contributed by atoms with E-state index in [1.807, 2.05) is 36.4 Å². The van der Waals surface area contributed by atoms with Crippen molar-refractivity contribution in [3.8, 4) is 28.6 Å². The predicted octanol–water partition coefficient (Wildman–Crippen LogP) is 5.76. The third-order valence-electron chi connectivity index (χ3n) is 4.73. The molecule has 30 heavy (non-hydrogen) atoms. The van der Waals surface area contributed by atoms with Crippen LogP contribution in [-0.2, 0) is 5.75 Å². The van der Waals surface area contributed by atoms with Crippen LogP contribution in [0.25, 0.3) is 17.1 Å². The van der Waals surface area contributed by atoms with Gasteiger partial charge in [0.2, 0.25) is 0 Å². The van der Waals surface area contributed by atoms with Gasteiger partial charge in [-0.25, -0.2) is 0 Å². The summed E-state index contributed by atoms with van der Waals surface area (Å²) in [5, 5.41) is 9.88. The van der Waals surface area contributed by atoms with Crippen molar-refractivity contribution >= 4 is 27.7 Å². The summed E-state index contributed by atoms with van der Waals surface area (Å²) in [6.07, 6.45) is 0. The molecule has 7 heteroatoms. The normalized spacial score (nSPS) is 12.7. The topological polar surface area (TPSA) is 49.2 Å². The Morgan fingerprint density at radius 2 is 1.63 bits per heavy atom. The molecular formula is C23H18BrN3O2S. The molecule has 4 aromatic rings. The van der Waals surface area contributed by atoms with E-state index < -0.39 is 0 Å². The van der Waals surface area contributed by atoms with Crippen LogP contribution in [0.4, 0.5) is 0 Å². The Bertz CT molecular complexity index is 1160. The zero-order chi connectivity index (χ0) is 20.3. The zero-order valence-electron chi connectivity index (χ0n) is 16.0. The highest BCUT2D eigenvalue weighted by Crippen LogP contribution is 2.36. The molecule has 0 radical (unpaired) electrons. The summed E-state index contributed by atoms with van der Waals surface area (Å²) in [5.74, 6) is 3.09. The molecule has 5 rings (SSSR count). The second-order valence-electron chi connectivity index (χ2n) is 6.75. The maximum Gasteiger partial charge on any atom is 0.196 e. The molecule has 2 heterocycles. The van der Waals surface area contributed by atoms with Gasteiger partial charge in [-0.15, -0.1) is 10.2 Å². The lowest BCUT2D eigenvalue weighted by molar-refractivity contribution is 0.171. The zero-order valence-corrected chi connectivity index (χ0v) is 18.4. The third-order valence-corrected chi connectivity index (χ3v) is 6.26. The number of nitrogens with zero attached hydrogens (tertiary/aromatic N) is 3. The first-order valence-electron chi connectivity index (χ1n) is 9.56. The van der Waals surface area contributed by atoms with Crippen molar-refractivity contribution in [3.63, 3.8) is 0 Å². The summed E-state index contributed by atoms with van der Waals surface area (Å²) in [5.41, 5.74) is 3.18. The van der Waals surface area contributed by atoms with Crippen LogP contribution in [0, 0.1) is 0 Å². The van der Waals surface area contributed by atoms with Crippen molar-refractivity contribution in [2.75, 3.05) is 13.2 Å². The fourth-order valence-corrected chi connectivity index (χ4v) is 4.44. The van der Waals surface area contributed by atoms with Gasteiger partial charge in [0.1, 0.15) is 13.2 Å². The van der Waals surface area contributed by atoms with Crippen LogP contribution in [0.3, 0.4) is 0 Å². The van der Waals surface area contributed by atoms with Gasteiger partial charge in [-0.3, -0.25) is 4.57 Å². The van der Waals surface area contributed by atoms with Crippen molar-refractivity contribution in [2.45, 2.75) is 10.9 Å². The van der Waals surface area contributed by atoms with E-state index in [1.165, 1.54) is 5.56 Å². The lowest BCUT2D eigenvalue weighted by Crippen LogP contribution is -2.15. The molecule has 5 nitrogen and oxygen atoms in total. The van der Waals surface area contributed by atoms with Crippen LogP contribution in [0.5, 0.6) is 11.5 Å². The first-order valence-corrected chi connectivity index (χ1v) is 11.3. The summed E-state index contributed by atoms with van der Waals surface area (Å²) in [6.45, 7) is 1.12. The van der Waals surface area contributed by atoms with Gasteiger partial charge in [0.05, 0.1) is 0 Å². The van der Waals surface area contributed by atoms with Gasteiger partial charge in [0.25, 0.3) is 0 Å². The summed E-state index contributed by atoms with van der Waals surface area (Å²) in [4.78, 5) is 0. The van der Waals surface area contributed by atoms with Crippen molar-refractivity contribution in [1.29, 1.82) is 0 Å². The number of benzene rings is 3. The molecular weight excluding hydrogens is 462 g/mol. The highest BCUT2D eigenvalue weighted by molar-refractivity contribution is 9.10. The van der Waals surface area contributed by atoms with Gasteiger partial charge in [-0.05, 0) is 48.0 Å². The molecule has 0 unspecified atom stereocenters. The Kier molecular flexibility index (Phi) is 5.46. The van der Waals surface area contributed by atoms with E-state index in [9.17, 15) is 0 Å². The molecule has 0 spiro atoms. The predicted molar refractivity (Wildman–Crippen MR) is 121 cm³/mol. The number of ether oxygens (including phenoxy) is 2. The number of thioether (sulfide) groups is 1. The molecule has 0 saturated carbocycles. The van der Waals surface area contributed by atoms with E-state index in [2.05, 4.69) is 67.1 Å². The minimum Gasteiger partial charge on any atom is -0.486 e. The first-order chi connectivity index (χ1) is 14.8. The molecule has 0 bridgehead atoms. The largest absolute Gasteiger partial charge is 0.486 e. The molecule has 0 N–H and O–H groups in total. The number of hydrogen-bond acceptors (Lipinski definition) is 5. The Balaban J connectivity index is 1.52. The molecule has 0 atom stereocenters. The maximum atomic E-state index is 5.76. The van der Waals surface area contributed by atoms with E-state index in [4.69, 9.17) is 9.47 Å². The SMILES string of the molecule is Brc1ccc(CSc2nnc(-c3ccc4c(c3)OCCO4)n2-c2ccccc2)cc1. The standard InChI is InChI=1S/C23H18BrN3O2S/c24-18-9-6-16(7-10-18)15-30-23-26-25-22(27(23)19-4-2-1-3-5-19)17-8-11-20-21(14-17)29-13-12-28-20/h1-11,14H,12-13,15H2. The number of para-hydroxylation sites is 1. The van der Waals surface area contributed by atoms with Crippen LogP contribution >= 0.6 is 27.7 Å². The monoisotopic (exact) mass is 479 g/mol. The summed E-state index contributed by atoms with van der Waals surface area (Å²) in [6, 6.07) is 24.4. The number of rotatable bonds is 5. The van der Waals surface area contributed by atoms with Gasteiger partial charge >= 0.3 is 0 Å². The molecule has 1 aliphatic heterocycles. The lowest BCUT2D eigenvalue weighted by atomic mass is 10.1. The molecule has 0 fully saturated rings. The van der Waals surface area contributed by atoms with E-state index in [0.717, 1.165) is 44.0 Å². The van der Waals surface area contributed by atoms with Gasteiger partial charge in [0, 0.05) is 21.5 Å². The fraction of sp³-hybridized carbons (Fsp3) is 0.130. The van der Waals surface area contributed by atoms with E-state index in [-0.39, 0.29) is 0 Å². The van der Waals surface area contributed by atoms with Crippen molar-refractivity contribution in [2.24, 2.45) is 0 Å². The molecule has 1 aliphatic rings. The van der Waals surface area contributed by atoms with Crippen LogP contribution in [0.15, 0.2) is 82.4 Å². The minimum absolute atomic E-state index is 0.552. The van der Waals surface area contributed by atoms with Crippen LogP contribution in [0.2, 0.25) is 0 Å². The lowest BCUT2D eigenvalue weighted by Gasteiger charge is -2.19. The third kappa shape index (κ3) is 3.95. The van der Waals surface area contributed by atoms with Gasteiger partial charge in [-0.1, -0.05) is 58.0 Å². The fourth-order valence-electron chi connectivity index (χ4n) is 3.27.